The molecule has 0 spiro atoms. The summed E-state index contributed by atoms with van der Waals surface area (Å²) in [6, 6.07) is 19.4. The third-order valence-electron chi connectivity index (χ3n) is 11.3. The molecule has 252 valence electrons. The standard InChI is InChI=1S/C38H35N7O4S/c39-18-31-28(19-40-45(31)21-38-15-22-12-23(16-38)14-24(13-22)17-38)27-8-9-33(42-35(27)49-37(47)48)44-11-10-25-4-3-5-26(29(25)20-44)34(46)43-36-41-30-6-1-2-7-32(30)50-36/h1-9,19,22-24H,10-17,20-21H2,(H,47,48)(H,41,43,46). The van der Waals surface area contributed by atoms with Gasteiger partial charge in [0.15, 0.2) is 5.13 Å². The lowest BCUT2D eigenvalue weighted by Gasteiger charge is -2.56. The zero-order valence-electron chi connectivity index (χ0n) is 27.3. The van der Waals surface area contributed by atoms with Crippen molar-refractivity contribution in [3.8, 4) is 23.1 Å². The minimum absolute atomic E-state index is 0.103. The van der Waals surface area contributed by atoms with E-state index < -0.39 is 6.16 Å². The van der Waals surface area contributed by atoms with Gasteiger partial charge in [-0.15, -0.1) is 0 Å². The Hall–Kier alpha value is -5.28. The molecule has 1 amide bonds. The second-order valence-corrected chi connectivity index (χ2v) is 15.6. The molecular formula is C38H35N7O4S. The number of rotatable bonds is 7. The summed E-state index contributed by atoms with van der Waals surface area (Å²) in [7, 11) is 0. The maximum Gasteiger partial charge on any atom is 0.512 e. The molecule has 1 aliphatic heterocycles. The number of hydrogen-bond donors (Lipinski definition) is 2. The number of hydrogen-bond acceptors (Lipinski definition) is 9. The van der Waals surface area contributed by atoms with Crippen LogP contribution in [0, 0.1) is 34.5 Å². The molecule has 0 radical (unpaired) electrons. The Kier molecular flexibility index (Phi) is 7.35. The van der Waals surface area contributed by atoms with Crippen LogP contribution in [0.1, 0.15) is 65.7 Å². The number of nitriles is 1. The van der Waals surface area contributed by atoms with Crippen molar-refractivity contribution in [1.29, 1.82) is 5.26 Å². The van der Waals surface area contributed by atoms with Crippen molar-refractivity contribution in [2.75, 3.05) is 16.8 Å². The van der Waals surface area contributed by atoms with Gasteiger partial charge in [0.05, 0.1) is 16.4 Å². The van der Waals surface area contributed by atoms with Gasteiger partial charge >= 0.3 is 6.16 Å². The molecule has 0 atom stereocenters. The average Bonchev–Trinajstić information content (AvgIpc) is 3.69. The normalized spacial score (nSPS) is 23.4. The summed E-state index contributed by atoms with van der Waals surface area (Å²) in [5, 5.41) is 28.2. The number of pyridine rings is 1. The third-order valence-corrected chi connectivity index (χ3v) is 12.2. The number of nitrogens with zero attached hydrogens (tertiary/aromatic N) is 6. The molecule has 4 aliphatic carbocycles. The average molecular weight is 686 g/mol. The number of anilines is 2. The first-order valence-corrected chi connectivity index (χ1v) is 18.1. The monoisotopic (exact) mass is 685 g/mol. The molecule has 50 heavy (non-hydrogen) atoms. The van der Waals surface area contributed by atoms with Gasteiger partial charge in [-0.1, -0.05) is 35.6 Å². The number of nitrogens with one attached hydrogen (secondary N) is 1. The highest BCUT2D eigenvalue weighted by Crippen LogP contribution is 2.60. The smallest absolute Gasteiger partial charge is 0.449 e. The Morgan fingerprint density at radius 1 is 1.00 bits per heavy atom. The van der Waals surface area contributed by atoms with Crippen LogP contribution in [-0.4, -0.2) is 43.5 Å². The van der Waals surface area contributed by atoms with E-state index >= 15 is 0 Å². The molecule has 0 unspecified atom stereocenters. The van der Waals surface area contributed by atoms with E-state index in [-0.39, 0.29) is 17.2 Å². The molecule has 12 heteroatoms. The number of amides is 1. The van der Waals surface area contributed by atoms with Gasteiger partial charge in [0.2, 0.25) is 5.88 Å². The molecule has 10 rings (SSSR count). The lowest BCUT2D eigenvalue weighted by Crippen LogP contribution is -2.48. The Balaban J connectivity index is 0.991. The first-order chi connectivity index (χ1) is 24.3. The minimum atomic E-state index is -1.49. The highest BCUT2D eigenvalue weighted by atomic mass is 32.1. The summed E-state index contributed by atoms with van der Waals surface area (Å²) >= 11 is 1.43. The molecule has 5 aromatic rings. The number of thiazole rings is 1. The van der Waals surface area contributed by atoms with Gasteiger partial charge < -0.3 is 14.7 Å². The van der Waals surface area contributed by atoms with Crippen LogP contribution >= 0.6 is 11.3 Å². The van der Waals surface area contributed by atoms with Crippen molar-refractivity contribution in [3.63, 3.8) is 0 Å². The summed E-state index contributed by atoms with van der Waals surface area (Å²) in [6.45, 7) is 1.70. The van der Waals surface area contributed by atoms with Crippen LogP contribution in [-0.2, 0) is 19.5 Å². The zero-order valence-corrected chi connectivity index (χ0v) is 28.2. The Bertz CT molecular complexity index is 2150. The molecule has 4 saturated carbocycles. The van der Waals surface area contributed by atoms with E-state index in [1.54, 1.807) is 12.3 Å². The fourth-order valence-electron chi connectivity index (χ4n) is 9.67. The van der Waals surface area contributed by atoms with Crippen LogP contribution in [0.5, 0.6) is 5.88 Å². The molecular weight excluding hydrogens is 651 g/mol. The van der Waals surface area contributed by atoms with Gasteiger partial charge in [-0.05, 0) is 110 Å². The molecule has 11 nitrogen and oxygen atoms in total. The summed E-state index contributed by atoms with van der Waals surface area (Å²) in [5.74, 6) is 2.50. The maximum absolute atomic E-state index is 13.5. The Morgan fingerprint density at radius 2 is 1.78 bits per heavy atom. The molecule has 3 aromatic heterocycles. The predicted octanol–water partition coefficient (Wildman–Crippen LogP) is 7.51. The van der Waals surface area contributed by atoms with E-state index in [9.17, 15) is 20.0 Å². The number of fused-ring (bicyclic) bond motifs is 2. The topological polar surface area (TPSA) is 146 Å². The first-order valence-electron chi connectivity index (χ1n) is 17.2. The summed E-state index contributed by atoms with van der Waals surface area (Å²) in [5.41, 5.74) is 4.80. The molecule has 4 heterocycles. The fourth-order valence-corrected chi connectivity index (χ4v) is 10.5. The van der Waals surface area contributed by atoms with Gasteiger partial charge in [0.25, 0.3) is 5.91 Å². The molecule has 2 aromatic carbocycles. The number of benzene rings is 2. The molecule has 0 saturated heterocycles. The molecule has 4 bridgehead atoms. The Morgan fingerprint density at radius 3 is 2.52 bits per heavy atom. The van der Waals surface area contributed by atoms with Crippen molar-refractivity contribution in [3.05, 3.63) is 83.2 Å². The summed E-state index contributed by atoms with van der Waals surface area (Å²) in [6.07, 6.45) is 8.39. The molecule has 4 fully saturated rings. The van der Waals surface area contributed by atoms with Crippen LogP contribution < -0.4 is 15.0 Å². The van der Waals surface area contributed by atoms with E-state index in [1.165, 1.54) is 49.9 Å². The molecule has 5 aliphatic rings. The number of carbonyl (C=O) groups excluding carboxylic acids is 1. The second kappa shape index (κ2) is 11.9. The minimum Gasteiger partial charge on any atom is -0.449 e. The van der Waals surface area contributed by atoms with Crippen LogP contribution in [0.3, 0.4) is 0 Å². The van der Waals surface area contributed by atoms with Crippen molar-refractivity contribution < 1.29 is 19.4 Å². The van der Waals surface area contributed by atoms with Gasteiger partial charge in [-0.25, -0.2) is 9.78 Å². The highest BCUT2D eigenvalue weighted by molar-refractivity contribution is 7.22. The largest absolute Gasteiger partial charge is 0.512 e. The first kappa shape index (κ1) is 30.8. The summed E-state index contributed by atoms with van der Waals surface area (Å²) < 4.78 is 8.08. The number of ether oxygens (including phenoxy) is 1. The van der Waals surface area contributed by atoms with E-state index in [2.05, 4.69) is 26.5 Å². The van der Waals surface area contributed by atoms with Crippen molar-refractivity contribution in [2.45, 2.75) is 58.0 Å². The lowest BCUT2D eigenvalue weighted by atomic mass is 9.49. The van der Waals surface area contributed by atoms with Crippen LogP contribution in [0.4, 0.5) is 15.7 Å². The Labute approximate surface area is 292 Å². The van der Waals surface area contributed by atoms with Gasteiger partial charge in [-0.3, -0.25) is 14.8 Å². The number of carboxylic acid groups (broad SMARTS) is 1. The number of para-hydroxylation sites is 1. The van der Waals surface area contributed by atoms with Gasteiger partial charge in [0, 0.05) is 36.3 Å². The highest BCUT2D eigenvalue weighted by Gasteiger charge is 2.51. The van der Waals surface area contributed by atoms with Crippen LogP contribution in [0.2, 0.25) is 0 Å². The number of aromatic nitrogens is 4. The van der Waals surface area contributed by atoms with E-state index in [0.717, 1.165) is 39.1 Å². The van der Waals surface area contributed by atoms with E-state index in [4.69, 9.17) is 4.74 Å². The van der Waals surface area contributed by atoms with Crippen LogP contribution in [0.15, 0.2) is 60.8 Å². The van der Waals surface area contributed by atoms with Crippen LogP contribution in [0.25, 0.3) is 21.3 Å². The van der Waals surface area contributed by atoms with Gasteiger partial charge in [-0.2, -0.15) is 15.3 Å². The molecule has 2 N–H and O–H groups in total. The van der Waals surface area contributed by atoms with Crippen molar-refractivity contribution >= 4 is 44.6 Å². The van der Waals surface area contributed by atoms with E-state index in [0.29, 0.717) is 59.4 Å². The van der Waals surface area contributed by atoms with Crippen molar-refractivity contribution in [2.24, 2.45) is 23.2 Å². The van der Waals surface area contributed by atoms with Crippen molar-refractivity contribution in [1.82, 2.24) is 19.7 Å². The zero-order chi connectivity index (χ0) is 34.0. The lowest BCUT2D eigenvalue weighted by molar-refractivity contribution is -0.0636. The third kappa shape index (κ3) is 5.46. The number of carbonyl (C=O) groups is 2. The van der Waals surface area contributed by atoms with E-state index in [1.807, 2.05) is 58.1 Å². The SMILES string of the molecule is N#Cc1c(-c2ccc(N3CCc4cccc(C(=O)Nc5nc6ccccc6s5)c4C3)nc2OC(=O)O)cnn1CC12CC3CC(CC(C3)C1)C2. The van der Waals surface area contributed by atoms with Gasteiger partial charge in [0.1, 0.15) is 17.6 Å². The fraction of sp³-hybridized carbons (Fsp3) is 0.368. The second-order valence-electron chi connectivity index (χ2n) is 14.5. The maximum atomic E-state index is 13.5. The summed E-state index contributed by atoms with van der Waals surface area (Å²) in [4.78, 5) is 36.7. The predicted molar refractivity (Wildman–Crippen MR) is 188 cm³/mol. The quantitative estimate of drug-likeness (QED) is 0.166.